The number of hydrogen-bond donors (Lipinski definition) is 1. The number of anilines is 1. The van der Waals surface area contributed by atoms with Gasteiger partial charge in [-0.1, -0.05) is 0 Å². The van der Waals surface area contributed by atoms with Crippen LogP contribution in [0.2, 0.25) is 0 Å². The molecule has 2 saturated heterocycles. The summed E-state index contributed by atoms with van der Waals surface area (Å²) in [6.07, 6.45) is 3.84. The average Bonchev–Trinajstić information content (AvgIpc) is 2.90. The Bertz CT molecular complexity index is 414. The van der Waals surface area contributed by atoms with E-state index in [9.17, 15) is 0 Å². The minimum absolute atomic E-state index is 0.504. The van der Waals surface area contributed by atoms with E-state index >= 15 is 0 Å². The molecule has 0 radical (unpaired) electrons. The van der Waals surface area contributed by atoms with Crippen LogP contribution in [0.4, 0.5) is 5.82 Å². The number of nitrogens with two attached hydrogens (primary N) is 1. The van der Waals surface area contributed by atoms with Crippen LogP contribution in [-0.2, 0) is 0 Å². The van der Waals surface area contributed by atoms with E-state index < -0.39 is 0 Å². The Morgan fingerprint density at radius 3 is 2.81 bits per heavy atom. The number of hydrogen-bond acceptors (Lipinski definition) is 3. The molecular weight excluding hydrogens is 315 g/mol. The third-order valence-electron chi connectivity index (χ3n) is 3.93. The molecule has 0 aromatic carbocycles. The van der Waals surface area contributed by atoms with Crippen LogP contribution in [0.25, 0.3) is 0 Å². The van der Waals surface area contributed by atoms with Gasteiger partial charge >= 0.3 is 0 Å². The molecule has 0 aliphatic carbocycles. The Morgan fingerprint density at radius 2 is 2.12 bits per heavy atom. The van der Waals surface area contributed by atoms with Gasteiger partial charge in [-0.05, 0) is 55.3 Å². The van der Waals surface area contributed by atoms with Crippen LogP contribution in [0.5, 0.6) is 0 Å². The van der Waals surface area contributed by atoms with Crippen molar-refractivity contribution in [3.05, 3.63) is 9.26 Å². The lowest BCUT2D eigenvalue weighted by atomic mass is 10.1. The fourth-order valence-corrected chi connectivity index (χ4v) is 3.49. The summed E-state index contributed by atoms with van der Waals surface area (Å²) >= 11 is 2.29. The van der Waals surface area contributed by atoms with Crippen LogP contribution >= 0.6 is 22.6 Å². The van der Waals surface area contributed by atoms with Gasteiger partial charge < -0.3 is 5.73 Å². The first-order valence-electron chi connectivity index (χ1n) is 5.92. The molecule has 3 heterocycles. The summed E-state index contributed by atoms with van der Waals surface area (Å²) in [5.41, 5.74) is 7.20. The number of rotatable bonds is 1. The molecule has 1 aromatic rings. The van der Waals surface area contributed by atoms with Gasteiger partial charge in [-0.25, -0.2) is 4.68 Å². The highest BCUT2D eigenvalue weighted by Crippen LogP contribution is 2.37. The maximum Gasteiger partial charge on any atom is 0.135 e. The van der Waals surface area contributed by atoms with Crippen LogP contribution in [0.15, 0.2) is 0 Å². The molecule has 2 fully saturated rings. The van der Waals surface area contributed by atoms with E-state index in [1.807, 2.05) is 6.92 Å². The van der Waals surface area contributed by atoms with Gasteiger partial charge in [0.1, 0.15) is 5.82 Å². The van der Waals surface area contributed by atoms with E-state index in [2.05, 4.69) is 37.3 Å². The summed E-state index contributed by atoms with van der Waals surface area (Å²) in [5, 5.41) is 4.61. The van der Waals surface area contributed by atoms with Crippen molar-refractivity contribution in [1.29, 1.82) is 0 Å². The van der Waals surface area contributed by atoms with E-state index in [0.717, 1.165) is 15.1 Å². The second-order valence-corrected chi connectivity index (χ2v) is 5.91. The lowest BCUT2D eigenvalue weighted by Gasteiger charge is -2.21. The molecular formula is C11H17IN4. The molecule has 0 saturated carbocycles. The van der Waals surface area contributed by atoms with Gasteiger partial charge in [0.25, 0.3) is 0 Å². The van der Waals surface area contributed by atoms with Gasteiger partial charge in [-0.15, -0.1) is 0 Å². The predicted octanol–water partition coefficient (Wildman–Crippen LogP) is 1.79. The number of nitrogen functional groups attached to an aromatic ring is 1. The van der Waals surface area contributed by atoms with Crippen LogP contribution in [0.3, 0.4) is 0 Å². The molecule has 2 aliphatic heterocycles. The van der Waals surface area contributed by atoms with Crippen LogP contribution < -0.4 is 5.73 Å². The Balaban J connectivity index is 1.95. The third kappa shape index (κ3) is 1.48. The van der Waals surface area contributed by atoms with Gasteiger partial charge in [0.2, 0.25) is 0 Å². The summed E-state index contributed by atoms with van der Waals surface area (Å²) in [4.78, 5) is 2.59. The van der Waals surface area contributed by atoms with Crippen molar-refractivity contribution < 1.29 is 0 Å². The minimum Gasteiger partial charge on any atom is -0.383 e. The first-order chi connectivity index (χ1) is 7.68. The number of fused-ring (bicyclic) bond motifs is 1. The monoisotopic (exact) mass is 332 g/mol. The van der Waals surface area contributed by atoms with E-state index in [0.29, 0.717) is 12.1 Å². The Hall–Kier alpha value is -0.300. The maximum absolute atomic E-state index is 6.14. The Kier molecular flexibility index (Phi) is 2.62. The zero-order valence-corrected chi connectivity index (χ0v) is 11.6. The van der Waals surface area contributed by atoms with Gasteiger partial charge in [0, 0.05) is 12.6 Å². The van der Waals surface area contributed by atoms with Crippen molar-refractivity contribution in [2.45, 2.75) is 38.3 Å². The van der Waals surface area contributed by atoms with Crippen molar-refractivity contribution in [3.63, 3.8) is 0 Å². The topological polar surface area (TPSA) is 47.1 Å². The molecule has 2 atom stereocenters. The molecule has 1 aromatic heterocycles. The third-order valence-corrected chi connectivity index (χ3v) is 5.26. The number of nitrogens with zero attached hydrogens (tertiary/aromatic N) is 3. The lowest BCUT2D eigenvalue weighted by molar-refractivity contribution is 0.283. The fourth-order valence-electron chi connectivity index (χ4n) is 3.14. The van der Waals surface area contributed by atoms with E-state index in [4.69, 9.17) is 5.73 Å². The molecule has 0 bridgehead atoms. The SMILES string of the molecule is Cc1nn(C2CCN3CCCC23)c(N)c1I. The molecule has 5 heteroatoms. The second-order valence-electron chi connectivity index (χ2n) is 4.83. The predicted molar refractivity (Wildman–Crippen MR) is 72.3 cm³/mol. The highest BCUT2D eigenvalue weighted by molar-refractivity contribution is 14.1. The second kappa shape index (κ2) is 3.87. The maximum atomic E-state index is 6.14. The molecule has 2 unspecified atom stereocenters. The summed E-state index contributed by atoms with van der Waals surface area (Å²) < 4.78 is 3.20. The normalized spacial score (nSPS) is 29.9. The number of aromatic nitrogens is 2. The standard InChI is InChI=1S/C11H17IN4/c1-7-10(12)11(13)16(14-7)9-4-6-15-5-2-3-8(9)15/h8-9H,2-6,13H2,1H3. The highest BCUT2D eigenvalue weighted by Gasteiger charge is 2.39. The van der Waals surface area contributed by atoms with Crippen LogP contribution in [0.1, 0.15) is 31.0 Å². The zero-order chi connectivity index (χ0) is 11.3. The highest BCUT2D eigenvalue weighted by atomic mass is 127. The summed E-state index contributed by atoms with van der Waals surface area (Å²) in [7, 11) is 0. The Morgan fingerprint density at radius 1 is 1.31 bits per heavy atom. The molecule has 2 N–H and O–H groups in total. The summed E-state index contributed by atoms with van der Waals surface area (Å²) in [5.74, 6) is 0.858. The van der Waals surface area contributed by atoms with E-state index in [1.54, 1.807) is 0 Å². The van der Waals surface area contributed by atoms with E-state index in [-0.39, 0.29) is 0 Å². The molecule has 2 aliphatic rings. The van der Waals surface area contributed by atoms with Gasteiger partial charge in [0.05, 0.1) is 15.3 Å². The van der Waals surface area contributed by atoms with Crippen molar-refractivity contribution in [2.75, 3.05) is 18.8 Å². The van der Waals surface area contributed by atoms with Gasteiger partial charge in [-0.2, -0.15) is 5.10 Å². The molecule has 88 valence electrons. The molecule has 4 nitrogen and oxygen atoms in total. The molecule has 0 amide bonds. The van der Waals surface area contributed by atoms with Gasteiger partial charge in [0.15, 0.2) is 0 Å². The summed E-state index contributed by atoms with van der Waals surface area (Å²) in [6, 6.07) is 1.18. The quantitative estimate of drug-likeness (QED) is 0.798. The van der Waals surface area contributed by atoms with Gasteiger partial charge in [-0.3, -0.25) is 4.90 Å². The minimum atomic E-state index is 0.504. The zero-order valence-electron chi connectivity index (χ0n) is 9.49. The smallest absolute Gasteiger partial charge is 0.135 e. The van der Waals surface area contributed by atoms with Crippen molar-refractivity contribution >= 4 is 28.4 Å². The largest absolute Gasteiger partial charge is 0.383 e. The van der Waals surface area contributed by atoms with E-state index in [1.165, 1.54) is 32.4 Å². The van der Waals surface area contributed by atoms with Crippen LogP contribution in [-0.4, -0.2) is 33.8 Å². The fraction of sp³-hybridized carbons (Fsp3) is 0.727. The lowest BCUT2D eigenvalue weighted by Crippen LogP contribution is -2.28. The average molecular weight is 332 g/mol. The first kappa shape index (κ1) is 10.8. The van der Waals surface area contributed by atoms with Crippen molar-refractivity contribution in [2.24, 2.45) is 0 Å². The molecule has 16 heavy (non-hydrogen) atoms. The summed E-state index contributed by atoms with van der Waals surface area (Å²) in [6.45, 7) is 4.51. The molecule has 0 spiro atoms. The first-order valence-corrected chi connectivity index (χ1v) is 7.00. The van der Waals surface area contributed by atoms with Crippen molar-refractivity contribution in [1.82, 2.24) is 14.7 Å². The molecule has 3 rings (SSSR count). The number of halogens is 1. The Labute approximate surface area is 109 Å². The van der Waals surface area contributed by atoms with Crippen molar-refractivity contribution in [3.8, 4) is 0 Å². The van der Waals surface area contributed by atoms with Crippen LogP contribution in [0, 0.1) is 10.5 Å². The number of aryl methyl sites for hydroxylation is 1.